The second-order valence-electron chi connectivity index (χ2n) is 5.12. The van der Waals surface area contributed by atoms with Gasteiger partial charge in [-0.3, -0.25) is 9.55 Å². The van der Waals surface area contributed by atoms with Gasteiger partial charge in [-0.25, -0.2) is 0 Å². The van der Waals surface area contributed by atoms with Gasteiger partial charge in [0.1, 0.15) is 5.69 Å². The standard InChI is InChI=1S/C16H8Cl2F3N5S/c17-10-1-3-11(4-2-10)26-14(24-25-15(26)27-6-5-22)13-12(18)7-9(8-23-13)16(19,20)21/h1-4,7-8H,6H2. The fourth-order valence-electron chi connectivity index (χ4n) is 2.19. The maximum Gasteiger partial charge on any atom is 0.417 e. The molecule has 0 bridgehead atoms. The van der Waals surface area contributed by atoms with Crippen LogP contribution < -0.4 is 0 Å². The molecule has 0 aliphatic heterocycles. The van der Waals surface area contributed by atoms with Crippen LogP contribution in [0.3, 0.4) is 0 Å². The van der Waals surface area contributed by atoms with Gasteiger partial charge >= 0.3 is 6.18 Å². The number of hydrogen-bond donors (Lipinski definition) is 0. The number of benzene rings is 1. The third-order valence-corrected chi connectivity index (χ3v) is 4.70. The van der Waals surface area contributed by atoms with Gasteiger partial charge in [-0.15, -0.1) is 10.2 Å². The third kappa shape index (κ3) is 4.18. The highest BCUT2D eigenvalue weighted by Crippen LogP contribution is 2.35. The molecule has 3 aromatic rings. The van der Waals surface area contributed by atoms with E-state index in [1.807, 2.05) is 6.07 Å². The molecule has 0 amide bonds. The minimum absolute atomic E-state index is 0.0379. The molecule has 0 unspecified atom stereocenters. The first-order chi connectivity index (χ1) is 12.8. The quantitative estimate of drug-likeness (QED) is 0.528. The summed E-state index contributed by atoms with van der Waals surface area (Å²) >= 11 is 13.1. The van der Waals surface area contributed by atoms with Crippen molar-refractivity contribution in [3.63, 3.8) is 0 Å². The monoisotopic (exact) mass is 429 g/mol. The Morgan fingerprint density at radius 3 is 2.44 bits per heavy atom. The maximum absolute atomic E-state index is 12.8. The Labute approximate surface area is 165 Å². The van der Waals surface area contributed by atoms with Crippen LogP contribution in [0.4, 0.5) is 13.2 Å². The molecule has 2 heterocycles. The van der Waals surface area contributed by atoms with Crippen molar-refractivity contribution in [1.29, 1.82) is 5.26 Å². The molecule has 3 rings (SSSR count). The molecule has 0 saturated heterocycles. The zero-order valence-corrected chi connectivity index (χ0v) is 15.5. The van der Waals surface area contributed by atoms with E-state index in [1.165, 1.54) is 0 Å². The van der Waals surface area contributed by atoms with E-state index in [-0.39, 0.29) is 22.3 Å². The first-order valence-corrected chi connectivity index (χ1v) is 8.99. The SMILES string of the molecule is N#CCSc1nnc(-c2ncc(C(F)(F)F)cc2Cl)n1-c1ccc(Cl)cc1. The molecule has 0 fully saturated rings. The van der Waals surface area contributed by atoms with Gasteiger partial charge in [0, 0.05) is 16.9 Å². The highest BCUT2D eigenvalue weighted by atomic mass is 35.5. The first-order valence-electron chi connectivity index (χ1n) is 7.25. The van der Waals surface area contributed by atoms with Crippen LogP contribution in [0.25, 0.3) is 17.2 Å². The number of thioether (sulfide) groups is 1. The molecule has 1 aromatic carbocycles. The summed E-state index contributed by atoms with van der Waals surface area (Å²) in [6, 6.07) is 9.42. The van der Waals surface area contributed by atoms with Gasteiger partial charge in [0.2, 0.25) is 0 Å². The van der Waals surface area contributed by atoms with Gasteiger partial charge in [0.15, 0.2) is 11.0 Å². The van der Waals surface area contributed by atoms with Crippen LogP contribution in [0.1, 0.15) is 5.56 Å². The fourth-order valence-corrected chi connectivity index (χ4v) is 3.18. The van der Waals surface area contributed by atoms with Crippen molar-refractivity contribution < 1.29 is 13.2 Å². The molecule has 0 atom stereocenters. The van der Waals surface area contributed by atoms with E-state index in [4.69, 9.17) is 28.5 Å². The largest absolute Gasteiger partial charge is 0.417 e. The van der Waals surface area contributed by atoms with Crippen LogP contribution in [0.15, 0.2) is 41.7 Å². The first kappa shape index (κ1) is 19.5. The highest BCUT2D eigenvalue weighted by molar-refractivity contribution is 7.99. The van der Waals surface area contributed by atoms with Crippen LogP contribution in [-0.2, 0) is 6.18 Å². The summed E-state index contributed by atoms with van der Waals surface area (Å²) < 4.78 is 40.1. The van der Waals surface area contributed by atoms with Crippen molar-refractivity contribution in [2.24, 2.45) is 0 Å². The van der Waals surface area contributed by atoms with Gasteiger partial charge in [-0.05, 0) is 30.3 Å². The second-order valence-corrected chi connectivity index (χ2v) is 6.90. The topological polar surface area (TPSA) is 67.4 Å². The lowest BCUT2D eigenvalue weighted by atomic mass is 10.2. The lowest BCUT2D eigenvalue weighted by Gasteiger charge is -2.12. The molecule has 2 aromatic heterocycles. The zero-order chi connectivity index (χ0) is 19.6. The zero-order valence-electron chi connectivity index (χ0n) is 13.2. The van der Waals surface area contributed by atoms with E-state index < -0.39 is 11.7 Å². The number of rotatable bonds is 4. The average molecular weight is 430 g/mol. The second kappa shape index (κ2) is 7.76. The Morgan fingerprint density at radius 2 is 1.85 bits per heavy atom. The van der Waals surface area contributed by atoms with E-state index in [0.29, 0.717) is 22.1 Å². The maximum atomic E-state index is 12.8. The lowest BCUT2D eigenvalue weighted by Crippen LogP contribution is -2.07. The van der Waals surface area contributed by atoms with Gasteiger partial charge in [-0.2, -0.15) is 18.4 Å². The number of nitriles is 1. The average Bonchev–Trinajstić information content (AvgIpc) is 3.03. The molecule has 0 aliphatic carbocycles. The van der Waals surface area contributed by atoms with Crippen molar-refractivity contribution in [3.8, 4) is 23.3 Å². The Bertz CT molecular complexity index is 1010. The molecule has 0 spiro atoms. The van der Waals surface area contributed by atoms with Gasteiger partial charge in [0.25, 0.3) is 0 Å². The summed E-state index contributed by atoms with van der Waals surface area (Å²) in [6.07, 6.45) is -3.88. The smallest absolute Gasteiger partial charge is 0.269 e. The molecule has 0 N–H and O–H groups in total. The molecular weight excluding hydrogens is 422 g/mol. The Morgan fingerprint density at radius 1 is 1.15 bits per heavy atom. The Hall–Kier alpha value is -2.28. The van der Waals surface area contributed by atoms with Crippen LogP contribution in [0.2, 0.25) is 10.0 Å². The minimum atomic E-state index is -4.56. The summed E-state index contributed by atoms with van der Waals surface area (Å²) in [5.74, 6) is 0.261. The van der Waals surface area contributed by atoms with Crippen LogP contribution in [-0.4, -0.2) is 25.5 Å². The third-order valence-electron chi connectivity index (χ3n) is 3.36. The Kier molecular flexibility index (Phi) is 5.60. The minimum Gasteiger partial charge on any atom is -0.269 e. The molecule has 138 valence electrons. The van der Waals surface area contributed by atoms with Crippen molar-refractivity contribution >= 4 is 35.0 Å². The van der Waals surface area contributed by atoms with Crippen molar-refractivity contribution in [3.05, 3.63) is 52.1 Å². The van der Waals surface area contributed by atoms with Crippen molar-refractivity contribution in [2.45, 2.75) is 11.3 Å². The number of halogens is 5. The van der Waals surface area contributed by atoms with E-state index >= 15 is 0 Å². The summed E-state index contributed by atoms with van der Waals surface area (Å²) in [6.45, 7) is 0. The molecule has 0 aliphatic rings. The van der Waals surface area contributed by atoms with E-state index in [0.717, 1.165) is 17.8 Å². The molecule has 27 heavy (non-hydrogen) atoms. The molecule has 11 heteroatoms. The van der Waals surface area contributed by atoms with Gasteiger partial charge in [-0.1, -0.05) is 35.0 Å². The normalized spacial score (nSPS) is 11.4. The predicted octanol–water partition coefficient (Wildman–Crippen LogP) is 5.27. The number of alkyl halides is 3. The van der Waals surface area contributed by atoms with Crippen LogP contribution in [0.5, 0.6) is 0 Å². The number of nitrogens with zero attached hydrogens (tertiary/aromatic N) is 5. The number of pyridine rings is 1. The van der Waals surface area contributed by atoms with Crippen molar-refractivity contribution in [1.82, 2.24) is 19.7 Å². The summed E-state index contributed by atoms with van der Waals surface area (Å²) in [4.78, 5) is 3.84. The van der Waals surface area contributed by atoms with Crippen LogP contribution in [0, 0.1) is 11.3 Å². The summed E-state index contributed by atoms with van der Waals surface area (Å²) in [5, 5.41) is 17.5. The molecule has 0 saturated carbocycles. The van der Waals surface area contributed by atoms with Crippen LogP contribution >= 0.6 is 35.0 Å². The summed E-state index contributed by atoms with van der Waals surface area (Å²) in [7, 11) is 0. The molecule has 0 radical (unpaired) electrons. The highest BCUT2D eigenvalue weighted by Gasteiger charge is 2.32. The van der Waals surface area contributed by atoms with E-state index in [2.05, 4.69) is 15.2 Å². The number of hydrogen-bond acceptors (Lipinski definition) is 5. The molecule has 5 nitrogen and oxygen atoms in total. The van der Waals surface area contributed by atoms with E-state index in [1.54, 1.807) is 28.8 Å². The fraction of sp³-hybridized carbons (Fsp3) is 0.125. The Balaban J connectivity index is 2.15. The molecular formula is C16H8Cl2F3N5S. The summed E-state index contributed by atoms with van der Waals surface area (Å²) in [5.41, 5.74) is -0.332. The van der Waals surface area contributed by atoms with Gasteiger partial charge in [0.05, 0.1) is 22.4 Å². The number of aromatic nitrogens is 4. The van der Waals surface area contributed by atoms with Gasteiger partial charge < -0.3 is 0 Å². The lowest BCUT2D eigenvalue weighted by molar-refractivity contribution is -0.137. The predicted molar refractivity (Wildman–Crippen MR) is 95.9 cm³/mol. The van der Waals surface area contributed by atoms with E-state index in [9.17, 15) is 13.2 Å². The van der Waals surface area contributed by atoms with Crippen molar-refractivity contribution in [2.75, 3.05) is 5.75 Å².